The predicted octanol–water partition coefficient (Wildman–Crippen LogP) is 14.6. The fourth-order valence-corrected chi connectivity index (χ4v) is 10.3. The summed E-state index contributed by atoms with van der Waals surface area (Å²) in [5.41, 5.74) is 21.6. The van der Waals surface area contributed by atoms with Gasteiger partial charge in [-0.2, -0.15) is 13.3 Å². The van der Waals surface area contributed by atoms with Gasteiger partial charge in [0.2, 0.25) is 6.71 Å². The van der Waals surface area contributed by atoms with Crippen LogP contribution in [0.5, 0.6) is 0 Å². The van der Waals surface area contributed by atoms with Crippen LogP contribution in [0.1, 0.15) is 96.7 Å². The topological polar surface area (TPSA) is 42.3 Å². The molecule has 7 nitrogen and oxygen atoms in total. The molecule has 7 aromatic carbocycles. The summed E-state index contributed by atoms with van der Waals surface area (Å²) in [6.07, 6.45) is 6.32. The van der Waals surface area contributed by atoms with Crippen molar-refractivity contribution in [2.45, 2.75) is 73.1 Å². The number of para-hydroxylation sites is 2. The Bertz CT molecular complexity index is 3180. The summed E-state index contributed by atoms with van der Waals surface area (Å²) in [5, 5.41) is 8.31. The Kier molecular flexibility index (Phi) is 11.8. The summed E-state index contributed by atoms with van der Waals surface area (Å²) >= 11 is 0. The van der Waals surface area contributed by atoms with Crippen LogP contribution in [-0.4, -0.2) is 30.5 Å². The molecular formula is C61H62BN7Pt. The quantitative estimate of drug-likeness (QED) is 0.103. The fraction of sp³-hybridized carbons (Fsp3) is 0.213. The Morgan fingerprint density at radius 2 is 1.29 bits per heavy atom. The van der Waals surface area contributed by atoms with Gasteiger partial charge in [0.25, 0.3) is 0 Å². The predicted molar refractivity (Wildman–Crippen MR) is 295 cm³/mol. The van der Waals surface area contributed by atoms with E-state index in [4.69, 9.17) is 13.5 Å². The standard InChI is InChI=1S/C31H21BN3.C30H41N4.Pt/c1-20-18-27-31-28(19-20)35(22-12-6-3-7-13-22)26-17-9-15-24-30(26)32(31)29-23(33-24)14-8-16-25(29)34(27)21-10-4-2-5-11-21;1-10-11-32(8)19-31-26-14-25(15-27(18-26)34-13-12-33(9)20-34)30-28(22(4)5)16-24(21(2)3)17-29(30)23(6)7;/h2-19H,1H3;10-17,19-23,31H,1-9H3;/q-1;-3;+4/b;11-10-;/i;8D3,9D3;. The molecule has 1 N–H and O–H groups in total. The first kappa shape index (κ1) is 41.2. The fourth-order valence-electron chi connectivity index (χ4n) is 10.3. The van der Waals surface area contributed by atoms with Gasteiger partial charge in [0.05, 0.1) is 0 Å². The second-order valence-electron chi connectivity index (χ2n) is 19.1. The Morgan fingerprint density at radius 1 is 0.700 bits per heavy atom. The van der Waals surface area contributed by atoms with Crippen molar-refractivity contribution < 1.29 is 29.3 Å². The van der Waals surface area contributed by atoms with Gasteiger partial charge in [-0.15, -0.1) is 46.5 Å². The van der Waals surface area contributed by atoms with Crippen LogP contribution in [0.4, 0.5) is 56.9 Å². The zero-order valence-electron chi connectivity index (χ0n) is 47.0. The van der Waals surface area contributed by atoms with Crippen molar-refractivity contribution >= 4 is 80.0 Å². The van der Waals surface area contributed by atoms with E-state index in [-0.39, 0.29) is 39.6 Å². The van der Waals surface area contributed by atoms with Gasteiger partial charge in [0.15, 0.2) is 0 Å². The maximum Gasteiger partial charge on any atom is 4.00 e. The van der Waals surface area contributed by atoms with E-state index in [2.05, 4.69) is 191 Å². The summed E-state index contributed by atoms with van der Waals surface area (Å²) in [6, 6.07) is 51.1. The van der Waals surface area contributed by atoms with Crippen LogP contribution >= 0.6 is 0 Å². The number of allylic oxidation sites excluding steroid dienone is 1. The zero-order chi connectivity index (χ0) is 53.1. The molecule has 0 atom stereocenters. The van der Waals surface area contributed by atoms with Gasteiger partial charge in [-0.1, -0.05) is 131 Å². The minimum absolute atomic E-state index is 0. The molecule has 0 unspecified atom stereocenters. The average molecular weight is 1110 g/mol. The minimum atomic E-state index is -2.37. The van der Waals surface area contributed by atoms with Crippen LogP contribution in [0.3, 0.4) is 0 Å². The summed E-state index contributed by atoms with van der Waals surface area (Å²) in [5.74, 6) is 0.891. The molecule has 0 bridgehead atoms. The van der Waals surface area contributed by atoms with E-state index in [0.717, 1.165) is 27.4 Å². The Morgan fingerprint density at radius 3 is 1.79 bits per heavy atom. The molecule has 11 rings (SSSR count). The van der Waals surface area contributed by atoms with E-state index < -0.39 is 14.0 Å². The summed E-state index contributed by atoms with van der Waals surface area (Å²) in [6.45, 7) is 15.5. The minimum Gasteiger partial charge on any atom is -0.659 e. The van der Waals surface area contributed by atoms with Crippen molar-refractivity contribution in [2.75, 3.05) is 34.0 Å². The molecule has 0 saturated carbocycles. The molecule has 9 heteroatoms. The molecular weight excluding hydrogens is 1040 g/mol. The number of anilines is 8. The third-order valence-corrected chi connectivity index (χ3v) is 13.4. The van der Waals surface area contributed by atoms with Crippen LogP contribution in [0.2, 0.25) is 0 Å². The molecule has 0 spiro atoms. The van der Waals surface area contributed by atoms with Gasteiger partial charge < -0.3 is 35.1 Å². The second-order valence-corrected chi connectivity index (χ2v) is 19.1. The van der Waals surface area contributed by atoms with Crippen LogP contribution in [0, 0.1) is 26.3 Å². The van der Waals surface area contributed by atoms with Crippen molar-refractivity contribution in [1.29, 1.82) is 0 Å². The molecule has 0 fully saturated rings. The SMILES string of the molecule is Cc1cc2c3c(c1)N(c1ccccc1)c1cccc4c1B3c1c(cccc1N2c1ccccc1)[N-]4.[2H]C([2H])([2H])N1C=CN(c2[c-]c(N[CH-]N(/C=C\C)C([2H])([2H])[2H])cc(-c3c(C(C)C)cc(C(C)C)cc3C(C)C)c2)[CH-]1.[Pt+4]. The van der Waals surface area contributed by atoms with Crippen molar-refractivity contribution in [1.82, 2.24) is 9.80 Å². The van der Waals surface area contributed by atoms with Crippen LogP contribution in [-0.2, 0) is 21.1 Å². The largest absolute Gasteiger partial charge is 4.00 e. The molecule has 0 aromatic heterocycles. The maximum atomic E-state index is 7.84. The smallest absolute Gasteiger partial charge is 0.659 e. The number of benzene rings is 7. The first-order valence-corrected chi connectivity index (χ1v) is 24.0. The number of hydrogen-bond acceptors (Lipinski definition) is 6. The van der Waals surface area contributed by atoms with Crippen molar-refractivity contribution in [2.24, 2.45) is 0 Å². The molecule has 70 heavy (non-hydrogen) atoms. The number of hydrogen-bond donors (Lipinski definition) is 1. The van der Waals surface area contributed by atoms with Crippen LogP contribution in [0.15, 0.2) is 158 Å². The van der Waals surface area contributed by atoms with E-state index in [1.165, 1.54) is 103 Å². The zero-order valence-corrected chi connectivity index (χ0v) is 43.2. The van der Waals surface area contributed by atoms with Crippen LogP contribution < -0.4 is 36.4 Å². The van der Waals surface area contributed by atoms with E-state index in [9.17, 15) is 0 Å². The van der Waals surface area contributed by atoms with Gasteiger partial charge in [0, 0.05) is 42.3 Å². The number of nitrogens with zero attached hydrogens (tertiary/aromatic N) is 6. The molecule has 0 aliphatic carbocycles. The molecule has 354 valence electrons. The summed E-state index contributed by atoms with van der Waals surface area (Å²) in [7, 11) is 0. The molecule has 0 amide bonds. The third-order valence-electron chi connectivity index (χ3n) is 13.4. The van der Waals surface area contributed by atoms with Gasteiger partial charge in [-0.25, -0.2) is 0 Å². The third kappa shape index (κ3) is 8.92. The van der Waals surface area contributed by atoms with Crippen molar-refractivity contribution in [3.8, 4) is 11.1 Å². The Balaban J connectivity index is 0.000000184. The molecule has 4 aliphatic rings. The molecule has 0 radical (unpaired) electrons. The van der Waals surface area contributed by atoms with E-state index >= 15 is 0 Å². The van der Waals surface area contributed by atoms with E-state index in [0.29, 0.717) is 17.3 Å². The number of nitrogens with one attached hydrogen (secondary N) is 1. The van der Waals surface area contributed by atoms with Crippen molar-refractivity contribution in [3.63, 3.8) is 0 Å². The number of aryl methyl sites for hydroxylation is 1. The van der Waals surface area contributed by atoms with E-state index in [1.807, 2.05) is 12.1 Å². The van der Waals surface area contributed by atoms with Crippen LogP contribution in [0.25, 0.3) is 16.4 Å². The van der Waals surface area contributed by atoms with Gasteiger partial charge in [0.1, 0.15) is 0 Å². The van der Waals surface area contributed by atoms with E-state index in [1.54, 1.807) is 24.1 Å². The summed E-state index contributed by atoms with van der Waals surface area (Å²) in [4.78, 5) is 8.87. The first-order valence-electron chi connectivity index (χ1n) is 27.0. The molecule has 7 aromatic rings. The monoisotopic (exact) mass is 1100 g/mol. The van der Waals surface area contributed by atoms with Gasteiger partial charge >= 0.3 is 21.1 Å². The normalized spacial score (nSPS) is 15.3. The van der Waals surface area contributed by atoms with Gasteiger partial charge in [-0.05, 0) is 146 Å². The molecule has 4 aliphatic heterocycles. The Labute approximate surface area is 440 Å². The molecule has 0 saturated heterocycles. The summed E-state index contributed by atoms with van der Waals surface area (Å²) < 4.78 is 46.9. The van der Waals surface area contributed by atoms with Crippen molar-refractivity contribution in [3.05, 3.63) is 205 Å². The number of rotatable bonds is 11. The second kappa shape index (κ2) is 20.0. The first-order chi connectivity index (χ1) is 35.8. The maximum absolute atomic E-state index is 7.84. The Hall–Kier alpha value is -6.63. The average Bonchev–Trinajstić information content (AvgIpc) is 4.05. The molecule has 4 heterocycles. The van der Waals surface area contributed by atoms with Gasteiger partial charge in [-0.3, -0.25) is 0 Å².